The van der Waals surface area contributed by atoms with Crippen molar-refractivity contribution in [2.24, 2.45) is 0 Å². The van der Waals surface area contributed by atoms with Crippen LogP contribution in [-0.4, -0.2) is 52.3 Å². The van der Waals surface area contributed by atoms with E-state index in [0.717, 1.165) is 22.3 Å². The number of carbonyl (C=O) groups excluding carboxylic acids is 3. The van der Waals surface area contributed by atoms with Gasteiger partial charge in [-0.2, -0.15) is 0 Å². The molecule has 194 valence electrons. The summed E-state index contributed by atoms with van der Waals surface area (Å²) in [5, 5.41) is 5.06. The zero-order valence-corrected chi connectivity index (χ0v) is 22.8. The number of nitrogens with one attached hydrogen (secondary N) is 2. The van der Waals surface area contributed by atoms with Crippen molar-refractivity contribution in [2.45, 2.75) is 57.8 Å². The second-order valence-electron chi connectivity index (χ2n) is 10.4. The largest absolute Gasteiger partial charge is 0.449 e. The van der Waals surface area contributed by atoms with Crippen LogP contribution in [0.1, 0.15) is 44.7 Å². The van der Waals surface area contributed by atoms with E-state index in [2.05, 4.69) is 56.6 Å². The Morgan fingerprint density at radius 1 is 0.944 bits per heavy atom. The summed E-state index contributed by atoms with van der Waals surface area (Å²) in [4.78, 5) is 36.6. The highest BCUT2D eigenvalue weighted by Gasteiger charge is 2.38. The maximum Gasteiger partial charge on any atom is 0.407 e. The van der Waals surface area contributed by atoms with Gasteiger partial charge in [-0.15, -0.1) is 0 Å². The van der Waals surface area contributed by atoms with Crippen LogP contribution in [0.4, 0.5) is 4.79 Å². The van der Waals surface area contributed by atoms with Gasteiger partial charge < -0.3 is 24.5 Å². The fraction of sp³-hybridized carbons (Fsp3) is 0.444. The van der Waals surface area contributed by atoms with Gasteiger partial charge >= 0.3 is 12.1 Å². The smallest absolute Gasteiger partial charge is 0.407 e. The third kappa shape index (κ3) is 6.53. The predicted molar refractivity (Wildman–Crippen MR) is 140 cm³/mol. The molecule has 3 rings (SSSR count). The molecule has 0 bridgehead atoms. The molecular formula is C27H36N2O6Si. The summed E-state index contributed by atoms with van der Waals surface area (Å²) in [6.45, 7) is 11.5. The molecule has 0 heterocycles. The second kappa shape index (κ2) is 11.3. The Hall–Kier alpha value is -3.17. The van der Waals surface area contributed by atoms with Crippen molar-refractivity contribution in [1.29, 1.82) is 0 Å². The number of rotatable bonds is 9. The van der Waals surface area contributed by atoms with E-state index in [-0.39, 0.29) is 30.9 Å². The van der Waals surface area contributed by atoms with Crippen LogP contribution in [0, 0.1) is 0 Å². The number of esters is 1. The quantitative estimate of drug-likeness (QED) is 0.290. The van der Waals surface area contributed by atoms with E-state index in [1.165, 1.54) is 6.92 Å². The average Bonchev–Trinajstić information content (AvgIpc) is 3.13. The summed E-state index contributed by atoms with van der Waals surface area (Å²) < 4.78 is 16.6. The van der Waals surface area contributed by atoms with Crippen molar-refractivity contribution in [3.05, 3.63) is 59.7 Å². The van der Waals surface area contributed by atoms with E-state index < -0.39 is 32.3 Å². The number of fused-ring (bicyclic) bond motifs is 3. The second-order valence-corrected chi connectivity index (χ2v) is 15.2. The monoisotopic (exact) mass is 512 g/mol. The van der Waals surface area contributed by atoms with E-state index in [0.29, 0.717) is 0 Å². The summed E-state index contributed by atoms with van der Waals surface area (Å²) in [6, 6.07) is 15.1. The van der Waals surface area contributed by atoms with Crippen molar-refractivity contribution in [3.63, 3.8) is 0 Å². The van der Waals surface area contributed by atoms with Gasteiger partial charge in [-0.3, -0.25) is 9.59 Å². The van der Waals surface area contributed by atoms with Gasteiger partial charge in [0.05, 0.1) is 6.61 Å². The maximum absolute atomic E-state index is 12.8. The van der Waals surface area contributed by atoms with Gasteiger partial charge in [0.15, 0.2) is 15.0 Å². The van der Waals surface area contributed by atoms with Gasteiger partial charge in [0.2, 0.25) is 5.91 Å². The maximum atomic E-state index is 12.8. The Morgan fingerprint density at radius 2 is 1.50 bits per heavy atom. The van der Waals surface area contributed by atoms with Crippen LogP contribution >= 0.6 is 0 Å². The lowest BCUT2D eigenvalue weighted by molar-refractivity contribution is -0.143. The number of carbonyl (C=O) groups is 3. The molecule has 0 saturated heterocycles. The fourth-order valence-corrected chi connectivity index (χ4v) is 4.82. The van der Waals surface area contributed by atoms with Crippen LogP contribution in [-0.2, 0) is 23.5 Å². The Bertz CT molecular complexity index is 1070. The molecule has 0 unspecified atom stereocenters. The highest BCUT2D eigenvalue weighted by Crippen LogP contribution is 2.44. The van der Waals surface area contributed by atoms with Crippen molar-refractivity contribution in [3.8, 4) is 11.1 Å². The molecule has 1 aliphatic rings. The Balaban J connectivity index is 1.67. The topological polar surface area (TPSA) is 103 Å². The Labute approximate surface area is 213 Å². The predicted octanol–water partition coefficient (Wildman–Crippen LogP) is 4.55. The van der Waals surface area contributed by atoms with Crippen LogP contribution in [0.2, 0.25) is 18.1 Å². The Morgan fingerprint density at radius 3 is 2.03 bits per heavy atom. The molecule has 2 N–H and O–H groups in total. The molecule has 0 aromatic heterocycles. The SMILES string of the molecule is CC(=O)OCNC(=O)[C@H](CO[Si](C)(C)C(C)(C)C)NC(=O)OCC1c2ccccc2-c2ccccc21. The fourth-order valence-electron chi connectivity index (χ4n) is 3.81. The summed E-state index contributed by atoms with van der Waals surface area (Å²) in [5.41, 5.74) is 4.46. The Kier molecular flexibility index (Phi) is 8.57. The normalized spacial score (nSPS) is 13.8. The lowest BCUT2D eigenvalue weighted by Gasteiger charge is -2.37. The molecule has 2 aromatic carbocycles. The first kappa shape index (κ1) is 27.4. The first-order chi connectivity index (χ1) is 16.9. The zero-order chi connectivity index (χ0) is 26.5. The van der Waals surface area contributed by atoms with E-state index in [1.807, 2.05) is 36.4 Å². The molecule has 0 radical (unpaired) electrons. The van der Waals surface area contributed by atoms with E-state index >= 15 is 0 Å². The molecule has 0 saturated carbocycles. The minimum absolute atomic E-state index is 0.0212. The third-order valence-electron chi connectivity index (χ3n) is 6.89. The third-order valence-corrected chi connectivity index (χ3v) is 11.4. The number of amides is 2. The van der Waals surface area contributed by atoms with E-state index in [4.69, 9.17) is 13.9 Å². The average molecular weight is 513 g/mol. The van der Waals surface area contributed by atoms with Crippen LogP contribution < -0.4 is 10.6 Å². The number of benzene rings is 2. The highest BCUT2D eigenvalue weighted by molar-refractivity contribution is 6.74. The minimum atomic E-state index is -2.19. The summed E-state index contributed by atoms with van der Waals surface area (Å²) in [6.07, 6.45) is -0.719. The van der Waals surface area contributed by atoms with Gasteiger partial charge in [-0.05, 0) is 40.4 Å². The van der Waals surface area contributed by atoms with Crippen molar-refractivity contribution in [2.75, 3.05) is 19.9 Å². The molecule has 0 aliphatic heterocycles. The lowest BCUT2D eigenvalue weighted by Crippen LogP contribution is -2.53. The van der Waals surface area contributed by atoms with Crippen LogP contribution in [0.25, 0.3) is 11.1 Å². The van der Waals surface area contributed by atoms with Crippen molar-refractivity contribution < 1.29 is 28.3 Å². The van der Waals surface area contributed by atoms with Gasteiger partial charge in [-0.25, -0.2) is 4.79 Å². The number of hydrogen-bond donors (Lipinski definition) is 2. The highest BCUT2D eigenvalue weighted by atomic mass is 28.4. The van der Waals surface area contributed by atoms with Gasteiger partial charge in [0.1, 0.15) is 12.6 Å². The van der Waals surface area contributed by atoms with Crippen LogP contribution in [0.15, 0.2) is 48.5 Å². The van der Waals surface area contributed by atoms with Gasteiger partial charge in [0.25, 0.3) is 0 Å². The summed E-state index contributed by atoms with van der Waals surface area (Å²) >= 11 is 0. The molecule has 9 heteroatoms. The first-order valence-corrected chi connectivity index (χ1v) is 15.0. The molecule has 0 spiro atoms. The number of hydrogen-bond acceptors (Lipinski definition) is 6. The molecule has 2 amide bonds. The standard InChI is InChI=1S/C27H36N2O6Si/c1-18(30)34-17-28-25(31)24(16-35-36(5,6)27(2,3)4)29-26(32)33-15-23-21-13-9-7-11-19(21)20-12-8-10-14-22(20)23/h7-14,23-24H,15-17H2,1-6H3,(H,28,31)(H,29,32)/t24-/m0/s1. The molecule has 1 atom stereocenters. The number of alkyl carbamates (subject to hydrolysis) is 1. The molecule has 36 heavy (non-hydrogen) atoms. The summed E-state index contributed by atoms with van der Waals surface area (Å²) in [7, 11) is -2.19. The molecule has 2 aromatic rings. The molecule has 0 fully saturated rings. The lowest BCUT2D eigenvalue weighted by atomic mass is 9.98. The van der Waals surface area contributed by atoms with Crippen LogP contribution in [0.5, 0.6) is 0 Å². The molecular weight excluding hydrogens is 476 g/mol. The molecule has 8 nitrogen and oxygen atoms in total. The van der Waals surface area contributed by atoms with Crippen molar-refractivity contribution >= 4 is 26.3 Å². The zero-order valence-electron chi connectivity index (χ0n) is 21.8. The summed E-state index contributed by atoms with van der Waals surface area (Å²) in [5.74, 6) is -1.14. The van der Waals surface area contributed by atoms with Crippen LogP contribution in [0.3, 0.4) is 0 Å². The van der Waals surface area contributed by atoms with E-state index in [1.54, 1.807) is 0 Å². The first-order valence-electron chi connectivity index (χ1n) is 12.1. The van der Waals surface area contributed by atoms with Gasteiger partial charge in [-0.1, -0.05) is 69.3 Å². The van der Waals surface area contributed by atoms with E-state index in [9.17, 15) is 14.4 Å². The van der Waals surface area contributed by atoms with Crippen molar-refractivity contribution in [1.82, 2.24) is 10.6 Å². The van der Waals surface area contributed by atoms with Gasteiger partial charge in [0, 0.05) is 12.8 Å². The minimum Gasteiger partial charge on any atom is -0.449 e. The molecule has 1 aliphatic carbocycles. The number of ether oxygens (including phenoxy) is 2.